The molecular weight excluding hydrogens is 305 g/mol. The molecule has 112 valence electrons. The standard InChI is InChI=1S/C17H19Cl2NO/c1-3-14(20)9-12-5-6-13(18)10-16(12)21-17-8-11(2)4-7-15(17)19/h4-8,10,14H,3,9,20H2,1-2H3. The Bertz CT molecular complexity index is 628. The molecule has 2 nitrogen and oxygen atoms in total. The van der Waals surface area contributed by atoms with E-state index in [0.29, 0.717) is 21.5 Å². The normalized spacial score (nSPS) is 12.2. The number of nitrogens with two attached hydrogens (primary N) is 1. The summed E-state index contributed by atoms with van der Waals surface area (Å²) in [7, 11) is 0. The van der Waals surface area contributed by atoms with Gasteiger partial charge >= 0.3 is 0 Å². The molecule has 0 bridgehead atoms. The van der Waals surface area contributed by atoms with Gasteiger partial charge in [0, 0.05) is 11.1 Å². The van der Waals surface area contributed by atoms with Crippen LogP contribution in [-0.4, -0.2) is 6.04 Å². The lowest BCUT2D eigenvalue weighted by Crippen LogP contribution is -2.21. The third kappa shape index (κ3) is 4.37. The Morgan fingerprint density at radius 2 is 1.86 bits per heavy atom. The molecular formula is C17H19Cl2NO. The van der Waals surface area contributed by atoms with Gasteiger partial charge in [0.05, 0.1) is 5.02 Å². The second-order valence-corrected chi connectivity index (χ2v) is 6.00. The molecule has 2 N–H and O–H groups in total. The first-order chi connectivity index (χ1) is 9.99. The summed E-state index contributed by atoms with van der Waals surface area (Å²) in [6.07, 6.45) is 1.65. The first-order valence-electron chi connectivity index (χ1n) is 6.97. The van der Waals surface area contributed by atoms with E-state index in [4.69, 9.17) is 33.7 Å². The number of aryl methyl sites for hydroxylation is 1. The van der Waals surface area contributed by atoms with Crippen LogP contribution in [0.5, 0.6) is 11.5 Å². The molecule has 0 aliphatic rings. The second kappa shape index (κ2) is 7.17. The van der Waals surface area contributed by atoms with Crippen molar-refractivity contribution in [3.8, 4) is 11.5 Å². The third-order valence-electron chi connectivity index (χ3n) is 3.34. The number of ether oxygens (including phenoxy) is 1. The Morgan fingerprint density at radius 3 is 2.57 bits per heavy atom. The van der Waals surface area contributed by atoms with Gasteiger partial charge in [-0.3, -0.25) is 0 Å². The minimum atomic E-state index is 0.0986. The maximum Gasteiger partial charge on any atom is 0.146 e. The quantitative estimate of drug-likeness (QED) is 0.802. The molecule has 0 amide bonds. The first-order valence-corrected chi connectivity index (χ1v) is 7.73. The van der Waals surface area contributed by atoms with Crippen LogP contribution in [0.1, 0.15) is 24.5 Å². The highest BCUT2D eigenvalue weighted by Gasteiger charge is 2.11. The summed E-state index contributed by atoms with van der Waals surface area (Å²) in [6.45, 7) is 4.06. The Balaban J connectivity index is 2.33. The molecule has 0 spiro atoms. The lowest BCUT2D eigenvalue weighted by Gasteiger charge is -2.15. The molecule has 0 heterocycles. The van der Waals surface area contributed by atoms with Gasteiger partial charge < -0.3 is 10.5 Å². The predicted molar refractivity (Wildman–Crippen MR) is 89.7 cm³/mol. The molecule has 1 unspecified atom stereocenters. The van der Waals surface area contributed by atoms with Crippen LogP contribution >= 0.6 is 23.2 Å². The number of halogens is 2. The van der Waals surface area contributed by atoms with Crippen molar-refractivity contribution in [2.75, 3.05) is 0 Å². The van der Waals surface area contributed by atoms with Crippen molar-refractivity contribution >= 4 is 23.2 Å². The van der Waals surface area contributed by atoms with Gasteiger partial charge in [-0.1, -0.05) is 42.3 Å². The van der Waals surface area contributed by atoms with E-state index in [1.807, 2.05) is 37.3 Å². The smallest absolute Gasteiger partial charge is 0.146 e. The Morgan fingerprint density at radius 1 is 1.10 bits per heavy atom. The molecule has 1 atom stereocenters. The average molecular weight is 324 g/mol. The van der Waals surface area contributed by atoms with Crippen molar-refractivity contribution in [3.63, 3.8) is 0 Å². The molecule has 2 aromatic carbocycles. The highest BCUT2D eigenvalue weighted by Crippen LogP contribution is 2.34. The predicted octanol–water partition coefficient (Wildman–Crippen LogP) is 5.37. The van der Waals surface area contributed by atoms with Crippen molar-refractivity contribution in [1.29, 1.82) is 0 Å². The van der Waals surface area contributed by atoms with Gasteiger partial charge in [-0.25, -0.2) is 0 Å². The van der Waals surface area contributed by atoms with Gasteiger partial charge in [-0.15, -0.1) is 0 Å². The van der Waals surface area contributed by atoms with Gasteiger partial charge in [0.2, 0.25) is 0 Å². The Kier molecular flexibility index (Phi) is 5.51. The van der Waals surface area contributed by atoms with Crippen LogP contribution in [0.25, 0.3) is 0 Å². The minimum Gasteiger partial charge on any atom is -0.455 e. The van der Waals surface area contributed by atoms with Gasteiger partial charge in [-0.05, 0) is 55.2 Å². The second-order valence-electron chi connectivity index (χ2n) is 5.16. The molecule has 0 aliphatic heterocycles. The highest BCUT2D eigenvalue weighted by atomic mass is 35.5. The van der Waals surface area contributed by atoms with Gasteiger partial charge in [0.15, 0.2) is 0 Å². The van der Waals surface area contributed by atoms with E-state index >= 15 is 0 Å². The molecule has 0 aromatic heterocycles. The molecule has 0 radical (unpaired) electrons. The van der Waals surface area contributed by atoms with Crippen LogP contribution in [0.3, 0.4) is 0 Å². The van der Waals surface area contributed by atoms with Gasteiger partial charge in [-0.2, -0.15) is 0 Å². The zero-order valence-electron chi connectivity index (χ0n) is 12.2. The molecule has 2 aromatic rings. The van der Waals surface area contributed by atoms with Crippen LogP contribution in [0.15, 0.2) is 36.4 Å². The summed E-state index contributed by atoms with van der Waals surface area (Å²) in [5.41, 5.74) is 8.16. The van der Waals surface area contributed by atoms with E-state index in [9.17, 15) is 0 Å². The van der Waals surface area contributed by atoms with Crippen LogP contribution in [0.2, 0.25) is 10.0 Å². The van der Waals surface area contributed by atoms with Gasteiger partial charge in [0.25, 0.3) is 0 Å². The largest absolute Gasteiger partial charge is 0.455 e. The van der Waals surface area contributed by atoms with E-state index in [-0.39, 0.29) is 6.04 Å². The SMILES string of the molecule is CCC(N)Cc1ccc(Cl)cc1Oc1cc(C)ccc1Cl. The van der Waals surface area contributed by atoms with Gasteiger partial charge in [0.1, 0.15) is 11.5 Å². The number of benzene rings is 2. The monoisotopic (exact) mass is 323 g/mol. The summed E-state index contributed by atoms with van der Waals surface area (Å²) < 4.78 is 5.98. The van der Waals surface area contributed by atoms with E-state index in [0.717, 1.165) is 24.0 Å². The minimum absolute atomic E-state index is 0.0986. The summed E-state index contributed by atoms with van der Waals surface area (Å²) >= 11 is 12.3. The van der Waals surface area contributed by atoms with E-state index in [1.165, 1.54) is 0 Å². The van der Waals surface area contributed by atoms with Crippen molar-refractivity contribution < 1.29 is 4.74 Å². The Labute approximate surface area is 135 Å². The van der Waals surface area contributed by atoms with Crippen molar-refractivity contribution in [2.45, 2.75) is 32.7 Å². The van der Waals surface area contributed by atoms with E-state index < -0.39 is 0 Å². The van der Waals surface area contributed by atoms with Crippen LogP contribution in [0, 0.1) is 6.92 Å². The maximum atomic E-state index is 6.19. The van der Waals surface area contributed by atoms with Crippen LogP contribution in [0.4, 0.5) is 0 Å². The lowest BCUT2D eigenvalue weighted by molar-refractivity contribution is 0.472. The van der Waals surface area contributed by atoms with Crippen LogP contribution < -0.4 is 10.5 Å². The fraction of sp³-hybridized carbons (Fsp3) is 0.294. The molecule has 0 aliphatic carbocycles. The third-order valence-corrected chi connectivity index (χ3v) is 3.89. The molecule has 0 fully saturated rings. The van der Waals surface area contributed by atoms with Crippen molar-refractivity contribution in [2.24, 2.45) is 5.73 Å². The summed E-state index contributed by atoms with van der Waals surface area (Å²) in [5.74, 6) is 1.34. The average Bonchev–Trinajstić information content (AvgIpc) is 2.45. The summed E-state index contributed by atoms with van der Waals surface area (Å²) in [6, 6.07) is 11.4. The van der Waals surface area contributed by atoms with Crippen LogP contribution in [-0.2, 0) is 6.42 Å². The lowest BCUT2D eigenvalue weighted by atomic mass is 10.0. The Hall–Kier alpha value is -1.22. The zero-order chi connectivity index (χ0) is 15.4. The fourth-order valence-corrected chi connectivity index (χ4v) is 2.34. The molecule has 0 saturated carbocycles. The highest BCUT2D eigenvalue weighted by molar-refractivity contribution is 6.32. The first kappa shape index (κ1) is 16.2. The molecule has 2 rings (SSSR count). The van der Waals surface area contributed by atoms with E-state index in [1.54, 1.807) is 6.07 Å². The molecule has 4 heteroatoms. The fourth-order valence-electron chi connectivity index (χ4n) is 2.03. The molecule has 0 saturated heterocycles. The van der Waals surface area contributed by atoms with Crippen molar-refractivity contribution in [3.05, 3.63) is 57.6 Å². The molecule has 21 heavy (non-hydrogen) atoms. The summed E-state index contributed by atoms with van der Waals surface area (Å²) in [5, 5.41) is 1.20. The van der Waals surface area contributed by atoms with Crippen molar-refractivity contribution in [1.82, 2.24) is 0 Å². The zero-order valence-corrected chi connectivity index (χ0v) is 13.7. The topological polar surface area (TPSA) is 35.2 Å². The van der Waals surface area contributed by atoms with E-state index in [2.05, 4.69) is 6.92 Å². The summed E-state index contributed by atoms with van der Waals surface area (Å²) in [4.78, 5) is 0. The number of rotatable bonds is 5. The number of hydrogen-bond donors (Lipinski definition) is 1. The maximum absolute atomic E-state index is 6.19. The number of hydrogen-bond acceptors (Lipinski definition) is 2.